The van der Waals surface area contributed by atoms with Crippen LogP contribution < -0.4 is 11.1 Å². The Morgan fingerprint density at radius 3 is 2.58 bits per heavy atom. The molecule has 7 nitrogen and oxygen atoms in total. The summed E-state index contributed by atoms with van der Waals surface area (Å²) in [6, 6.07) is 5.15. The molecule has 0 radical (unpaired) electrons. The van der Waals surface area contributed by atoms with Gasteiger partial charge in [-0.15, -0.1) is 0 Å². The summed E-state index contributed by atoms with van der Waals surface area (Å²) in [5.74, 6) is -3.59. The number of hydrogen-bond acceptors (Lipinski definition) is 3. The average molecular weight is 480 g/mol. The number of nitrogens with one attached hydrogen (secondary N) is 1. The van der Waals surface area contributed by atoms with Crippen LogP contribution in [0.4, 0.5) is 13.6 Å². The van der Waals surface area contributed by atoms with E-state index in [0.29, 0.717) is 35.1 Å². The Morgan fingerprint density at radius 1 is 1.30 bits per heavy atom. The molecule has 1 aromatic heterocycles. The van der Waals surface area contributed by atoms with Gasteiger partial charge in [0.25, 0.3) is 5.91 Å². The van der Waals surface area contributed by atoms with E-state index in [1.54, 1.807) is 29.5 Å². The van der Waals surface area contributed by atoms with Crippen molar-refractivity contribution in [3.8, 4) is 11.3 Å². The second kappa shape index (κ2) is 8.27. The predicted molar refractivity (Wildman–Crippen MR) is 121 cm³/mol. The highest BCUT2D eigenvalue weighted by atomic mass is 35.5. The van der Waals surface area contributed by atoms with Crippen LogP contribution in [0.15, 0.2) is 18.2 Å². The van der Waals surface area contributed by atoms with Crippen molar-refractivity contribution in [3.63, 3.8) is 0 Å². The van der Waals surface area contributed by atoms with E-state index in [1.807, 2.05) is 19.1 Å². The van der Waals surface area contributed by atoms with Crippen LogP contribution in [0.3, 0.4) is 0 Å². The Hall–Kier alpha value is -2.68. The molecule has 0 saturated heterocycles. The first-order chi connectivity index (χ1) is 15.4. The monoisotopic (exact) mass is 479 g/mol. The van der Waals surface area contributed by atoms with Gasteiger partial charge in [-0.2, -0.15) is 5.10 Å². The fourth-order valence-corrected chi connectivity index (χ4v) is 4.88. The van der Waals surface area contributed by atoms with E-state index in [0.717, 1.165) is 12.0 Å². The molecule has 33 heavy (non-hydrogen) atoms. The lowest BCUT2D eigenvalue weighted by Crippen LogP contribution is -2.59. The number of rotatable bonds is 5. The lowest BCUT2D eigenvalue weighted by atomic mass is 9.70. The van der Waals surface area contributed by atoms with Crippen LogP contribution in [0.25, 0.3) is 11.3 Å². The highest BCUT2D eigenvalue weighted by Crippen LogP contribution is 2.47. The van der Waals surface area contributed by atoms with Gasteiger partial charge < -0.3 is 16.0 Å². The molecule has 2 aromatic rings. The van der Waals surface area contributed by atoms with Crippen molar-refractivity contribution in [2.45, 2.75) is 64.6 Å². The van der Waals surface area contributed by atoms with Crippen molar-refractivity contribution in [1.82, 2.24) is 20.0 Å². The number of aromatic nitrogens is 2. The van der Waals surface area contributed by atoms with E-state index in [2.05, 4.69) is 10.4 Å². The number of halogens is 3. The second-order valence-corrected chi connectivity index (χ2v) is 9.86. The molecule has 2 aliphatic rings. The first-order valence-corrected chi connectivity index (χ1v) is 11.4. The first-order valence-electron chi connectivity index (χ1n) is 11.0. The third-order valence-corrected chi connectivity index (χ3v) is 7.11. The molecule has 178 valence electrons. The molecule has 1 aliphatic heterocycles. The maximum absolute atomic E-state index is 13.3. The van der Waals surface area contributed by atoms with E-state index < -0.39 is 17.4 Å². The summed E-state index contributed by atoms with van der Waals surface area (Å²) >= 11 is 6.37. The molecule has 1 aliphatic carbocycles. The van der Waals surface area contributed by atoms with Gasteiger partial charge in [0.05, 0.1) is 24.3 Å². The number of carbonyl (C=O) groups excluding carboxylic acids is 2. The molecular formula is C23H28ClF2N5O2. The summed E-state index contributed by atoms with van der Waals surface area (Å²) < 4.78 is 28.3. The number of alkyl halides is 2. The Balaban J connectivity index is 1.57. The van der Waals surface area contributed by atoms with Gasteiger partial charge in [-0.05, 0) is 37.8 Å². The summed E-state index contributed by atoms with van der Waals surface area (Å²) in [6.07, 6.45) is 0.309. The van der Waals surface area contributed by atoms with Crippen LogP contribution in [-0.2, 0) is 19.5 Å². The third kappa shape index (κ3) is 4.43. The average Bonchev–Trinajstić information content (AvgIpc) is 3.10. The number of nitrogens with two attached hydrogens (primary N) is 1. The predicted octanol–water partition coefficient (Wildman–Crippen LogP) is 4.21. The maximum atomic E-state index is 13.3. The number of aryl methyl sites for hydroxylation is 1. The van der Waals surface area contributed by atoms with Crippen LogP contribution in [0.1, 0.15) is 55.2 Å². The molecule has 1 aromatic carbocycles. The minimum absolute atomic E-state index is 0.134. The number of nitrogens with zero attached hydrogens (tertiary/aromatic N) is 3. The topological polar surface area (TPSA) is 93.2 Å². The minimum atomic E-state index is -2.66. The lowest BCUT2D eigenvalue weighted by molar-refractivity contribution is -0.129. The van der Waals surface area contributed by atoms with Gasteiger partial charge in [0.1, 0.15) is 5.69 Å². The van der Waals surface area contributed by atoms with E-state index in [9.17, 15) is 18.4 Å². The van der Waals surface area contributed by atoms with Crippen molar-refractivity contribution in [2.24, 2.45) is 11.7 Å². The zero-order valence-electron chi connectivity index (χ0n) is 18.9. The first kappa shape index (κ1) is 23.5. The molecule has 1 fully saturated rings. The number of primary amides is 1. The molecule has 3 N–H and O–H groups in total. The molecule has 3 amide bonds. The number of benzene rings is 1. The molecule has 2 heterocycles. The van der Waals surface area contributed by atoms with Crippen LogP contribution >= 0.6 is 11.6 Å². The highest BCUT2D eigenvalue weighted by molar-refractivity contribution is 6.31. The van der Waals surface area contributed by atoms with Crippen molar-refractivity contribution in [2.75, 3.05) is 6.54 Å². The van der Waals surface area contributed by atoms with Crippen LogP contribution in [0, 0.1) is 5.92 Å². The molecule has 0 atom stereocenters. The Morgan fingerprint density at radius 2 is 2.00 bits per heavy atom. The van der Waals surface area contributed by atoms with Gasteiger partial charge in [0.15, 0.2) is 0 Å². The zero-order valence-corrected chi connectivity index (χ0v) is 19.7. The second-order valence-electron chi connectivity index (χ2n) is 9.45. The molecular weight excluding hydrogens is 452 g/mol. The number of fused-ring (bicyclic) bond motifs is 1. The quantitative estimate of drug-likeness (QED) is 0.672. The molecule has 0 spiro atoms. The Bertz CT molecular complexity index is 1110. The van der Waals surface area contributed by atoms with Crippen LogP contribution in [0.2, 0.25) is 5.02 Å². The van der Waals surface area contributed by atoms with E-state index in [-0.39, 0.29) is 36.9 Å². The van der Waals surface area contributed by atoms with Gasteiger partial charge in [-0.3, -0.25) is 9.48 Å². The number of carbonyl (C=O) groups is 2. The smallest absolute Gasteiger partial charge is 0.318 e. The van der Waals surface area contributed by atoms with Crippen molar-refractivity contribution < 1.29 is 18.4 Å². The molecule has 0 unspecified atom stereocenters. The maximum Gasteiger partial charge on any atom is 0.318 e. The summed E-state index contributed by atoms with van der Waals surface area (Å²) in [6.45, 7) is 6.40. The van der Waals surface area contributed by atoms with Crippen LogP contribution in [0.5, 0.6) is 0 Å². The van der Waals surface area contributed by atoms with Crippen LogP contribution in [-0.4, -0.2) is 44.6 Å². The molecule has 4 rings (SSSR count). The SMILES string of the molecule is CCc1ccc(-c2nn3c(c2C(N)=O)CN(C(=O)NC(C)(C)C2CC(F)(F)C2)CC3)cc1Cl. The van der Waals surface area contributed by atoms with Crippen molar-refractivity contribution >= 4 is 23.5 Å². The molecule has 0 bridgehead atoms. The fourth-order valence-electron chi connectivity index (χ4n) is 4.56. The fraction of sp³-hybridized carbons (Fsp3) is 0.522. The number of hydrogen-bond donors (Lipinski definition) is 2. The summed E-state index contributed by atoms with van der Waals surface area (Å²) in [5, 5.41) is 8.07. The number of urea groups is 1. The minimum Gasteiger partial charge on any atom is -0.365 e. The Kier molecular flexibility index (Phi) is 5.88. The third-order valence-electron chi connectivity index (χ3n) is 6.76. The molecule has 10 heteroatoms. The van der Waals surface area contributed by atoms with Crippen molar-refractivity contribution in [3.05, 3.63) is 40.0 Å². The van der Waals surface area contributed by atoms with E-state index in [4.69, 9.17) is 17.3 Å². The zero-order chi connectivity index (χ0) is 24.1. The summed E-state index contributed by atoms with van der Waals surface area (Å²) in [5.41, 5.74) is 7.84. The molecule has 1 saturated carbocycles. The van der Waals surface area contributed by atoms with E-state index >= 15 is 0 Å². The van der Waals surface area contributed by atoms with E-state index in [1.165, 1.54) is 0 Å². The summed E-state index contributed by atoms with van der Waals surface area (Å²) in [7, 11) is 0. The number of amides is 3. The largest absolute Gasteiger partial charge is 0.365 e. The van der Waals surface area contributed by atoms with Gasteiger partial charge >= 0.3 is 6.03 Å². The highest BCUT2D eigenvalue weighted by Gasteiger charge is 2.52. The standard InChI is InChI=1S/C23H28ClF2N5O2/c1-4-13-5-6-14(9-16(13)24)19-18(20(27)32)17-12-30(7-8-31(17)29-19)21(33)28-22(2,3)15-10-23(25,26)11-15/h5-6,9,15H,4,7-8,10-12H2,1-3H3,(H2,27,32)(H,28,33). The van der Waals surface area contributed by atoms with Gasteiger partial charge in [-0.25, -0.2) is 13.6 Å². The normalized spacial score (nSPS) is 17.9. The summed E-state index contributed by atoms with van der Waals surface area (Å²) in [4.78, 5) is 26.9. The van der Waals surface area contributed by atoms with Gasteiger partial charge in [-0.1, -0.05) is 30.7 Å². The van der Waals surface area contributed by atoms with Crippen molar-refractivity contribution in [1.29, 1.82) is 0 Å². The van der Waals surface area contributed by atoms with Gasteiger partial charge in [0, 0.05) is 35.5 Å². The lowest BCUT2D eigenvalue weighted by Gasteiger charge is -2.46. The van der Waals surface area contributed by atoms with Gasteiger partial charge in [0.2, 0.25) is 5.92 Å². The Labute approximate surface area is 196 Å².